The highest BCUT2D eigenvalue weighted by Gasteiger charge is 2.30. The predicted molar refractivity (Wildman–Crippen MR) is 201 cm³/mol. The van der Waals surface area contributed by atoms with E-state index in [4.69, 9.17) is 9.47 Å². The number of hydrogen-bond acceptors (Lipinski definition) is 10. The molecule has 4 aromatic carbocycles. The number of amides is 2. The van der Waals surface area contributed by atoms with Crippen LogP contribution >= 0.6 is 0 Å². The average molecular weight is 788 g/mol. The van der Waals surface area contributed by atoms with E-state index in [2.05, 4.69) is 10.6 Å². The third-order valence-corrected chi connectivity index (χ3v) is 13.6. The second-order valence-electron chi connectivity index (χ2n) is 12.1. The van der Waals surface area contributed by atoms with E-state index in [-0.39, 0.29) is 43.2 Å². The van der Waals surface area contributed by atoms with Crippen molar-refractivity contribution >= 4 is 58.9 Å². The van der Waals surface area contributed by atoms with Crippen LogP contribution in [0.5, 0.6) is 11.5 Å². The maximum Gasteiger partial charge on any atom is 0.264 e. The number of para-hydroxylation sites is 2. The highest BCUT2D eigenvalue weighted by Crippen LogP contribution is 2.33. The lowest BCUT2D eigenvalue weighted by Crippen LogP contribution is -2.38. The van der Waals surface area contributed by atoms with Gasteiger partial charge in [0, 0.05) is 39.6 Å². The number of methoxy groups -OCH3 is 1. The molecule has 0 spiro atoms. The summed E-state index contributed by atoms with van der Waals surface area (Å²) in [5, 5.41) is 5.19. The molecular formula is C35H41N5O10S3. The van der Waals surface area contributed by atoms with Gasteiger partial charge in [-0.2, -0.15) is 0 Å². The number of aryl methyl sites for hydroxylation is 2. The van der Waals surface area contributed by atoms with Gasteiger partial charge in [-0.1, -0.05) is 24.3 Å². The first kappa shape index (κ1) is 40.8. The van der Waals surface area contributed by atoms with Crippen LogP contribution in [0.1, 0.15) is 11.1 Å². The van der Waals surface area contributed by atoms with Gasteiger partial charge in [0.25, 0.3) is 15.9 Å². The van der Waals surface area contributed by atoms with Crippen LogP contribution in [-0.4, -0.2) is 94.1 Å². The van der Waals surface area contributed by atoms with Crippen LogP contribution in [0.25, 0.3) is 0 Å². The maximum absolute atomic E-state index is 14.1. The highest BCUT2D eigenvalue weighted by molar-refractivity contribution is 7.93. The second kappa shape index (κ2) is 16.3. The molecule has 4 aromatic rings. The number of nitrogens with one attached hydrogen (secondary N) is 2. The van der Waals surface area contributed by atoms with Crippen molar-refractivity contribution in [2.24, 2.45) is 0 Å². The number of carbonyl (C=O) groups is 2. The fourth-order valence-electron chi connectivity index (χ4n) is 4.95. The molecule has 15 nitrogen and oxygen atoms in total. The molecule has 4 rings (SSSR count). The van der Waals surface area contributed by atoms with E-state index < -0.39 is 55.0 Å². The van der Waals surface area contributed by atoms with Crippen LogP contribution in [0, 0.1) is 13.8 Å². The Morgan fingerprint density at radius 2 is 1.13 bits per heavy atom. The van der Waals surface area contributed by atoms with E-state index >= 15 is 0 Å². The quantitative estimate of drug-likeness (QED) is 0.180. The smallest absolute Gasteiger partial charge is 0.264 e. The van der Waals surface area contributed by atoms with Gasteiger partial charge in [0.1, 0.15) is 18.0 Å². The van der Waals surface area contributed by atoms with Gasteiger partial charge in [-0.15, -0.1) is 0 Å². The molecule has 0 radical (unpaired) electrons. The van der Waals surface area contributed by atoms with Gasteiger partial charge in [0.05, 0.1) is 27.5 Å². The Bertz CT molecular complexity index is 2330. The Morgan fingerprint density at radius 1 is 0.642 bits per heavy atom. The molecule has 0 saturated heterocycles. The van der Waals surface area contributed by atoms with Gasteiger partial charge >= 0.3 is 0 Å². The number of nitrogens with zero attached hydrogens (tertiary/aromatic N) is 3. The topological polar surface area (TPSA) is 189 Å². The number of benzene rings is 4. The first-order valence-electron chi connectivity index (χ1n) is 15.8. The van der Waals surface area contributed by atoms with Crippen LogP contribution in [0.4, 0.5) is 17.1 Å². The molecule has 0 heterocycles. The molecule has 0 saturated carbocycles. The Morgan fingerprint density at radius 3 is 1.62 bits per heavy atom. The zero-order valence-electron chi connectivity index (χ0n) is 30.1. The van der Waals surface area contributed by atoms with Crippen molar-refractivity contribution in [3.8, 4) is 11.5 Å². The summed E-state index contributed by atoms with van der Waals surface area (Å²) in [5.41, 5.74) is 1.42. The SMILES string of the molecule is COc1ccccc1N(CC(=O)Nc1ccc(C)c(S(=O)(=O)N(C)C)c1)S(=O)(=O)c1ccc(OCC(=O)Nc2ccc(C)c(S(=O)(=O)N(C)C)c2)cc1. The monoisotopic (exact) mass is 787 g/mol. The lowest BCUT2D eigenvalue weighted by Gasteiger charge is -2.25. The normalized spacial score (nSPS) is 12.0. The van der Waals surface area contributed by atoms with Crippen LogP contribution in [0.2, 0.25) is 0 Å². The van der Waals surface area contributed by atoms with Crippen molar-refractivity contribution in [3.63, 3.8) is 0 Å². The summed E-state index contributed by atoms with van der Waals surface area (Å²) < 4.78 is 93.1. The Kier molecular flexibility index (Phi) is 12.6. The fourth-order valence-corrected chi connectivity index (χ4v) is 8.67. The van der Waals surface area contributed by atoms with Crippen molar-refractivity contribution < 1.29 is 44.3 Å². The maximum atomic E-state index is 14.1. The molecule has 0 aliphatic carbocycles. The van der Waals surface area contributed by atoms with Crippen LogP contribution < -0.4 is 24.4 Å². The van der Waals surface area contributed by atoms with E-state index in [1.165, 1.54) is 96.0 Å². The van der Waals surface area contributed by atoms with Gasteiger partial charge in [0.2, 0.25) is 26.0 Å². The molecule has 0 fully saturated rings. The molecule has 0 atom stereocenters. The summed E-state index contributed by atoms with van der Waals surface area (Å²) in [5.74, 6) is -1.03. The van der Waals surface area contributed by atoms with E-state index in [9.17, 15) is 34.8 Å². The van der Waals surface area contributed by atoms with E-state index in [1.807, 2.05) is 0 Å². The molecule has 18 heteroatoms. The Balaban J connectivity index is 1.53. The van der Waals surface area contributed by atoms with Crippen molar-refractivity contribution in [2.75, 3.05) is 63.4 Å². The standard InChI is InChI=1S/C35H41N5O10S3/c1-24-12-14-26(20-32(24)52(45,46)38(3)4)36-34(41)22-40(30-10-8-9-11-31(30)49-7)51(43,44)29-18-16-28(17-19-29)50-23-35(42)37-27-15-13-25(2)33(21-27)53(47,48)39(5)6/h8-21H,22-23H2,1-7H3,(H,36,41)(H,37,42). The van der Waals surface area contributed by atoms with E-state index in [0.717, 1.165) is 12.9 Å². The summed E-state index contributed by atoms with van der Waals surface area (Å²) in [7, 11) is -5.08. The largest absolute Gasteiger partial charge is 0.495 e. The van der Waals surface area contributed by atoms with Crippen molar-refractivity contribution in [1.82, 2.24) is 8.61 Å². The summed E-state index contributed by atoms with van der Waals surface area (Å²) in [6.45, 7) is 2.08. The van der Waals surface area contributed by atoms with E-state index in [0.29, 0.717) is 11.1 Å². The molecule has 0 aromatic heterocycles. The minimum Gasteiger partial charge on any atom is -0.495 e. The lowest BCUT2D eigenvalue weighted by atomic mass is 10.2. The molecule has 2 N–H and O–H groups in total. The van der Waals surface area contributed by atoms with Crippen molar-refractivity contribution in [1.29, 1.82) is 0 Å². The lowest BCUT2D eigenvalue weighted by molar-refractivity contribution is -0.118. The first-order chi connectivity index (χ1) is 24.8. The average Bonchev–Trinajstić information content (AvgIpc) is 3.11. The summed E-state index contributed by atoms with van der Waals surface area (Å²) in [6.07, 6.45) is 0. The molecule has 0 bridgehead atoms. The van der Waals surface area contributed by atoms with Gasteiger partial charge in [-0.25, -0.2) is 33.9 Å². The number of sulfonamides is 3. The second-order valence-corrected chi connectivity index (χ2v) is 18.2. The van der Waals surface area contributed by atoms with Crippen molar-refractivity contribution in [3.05, 3.63) is 96.1 Å². The van der Waals surface area contributed by atoms with E-state index in [1.54, 1.807) is 38.1 Å². The van der Waals surface area contributed by atoms with Crippen LogP contribution in [0.3, 0.4) is 0 Å². The third kappa shape index (κ3) is 9.33. The summed E-state index contributed by atoms with van der Waals surface area (Å²) >= 11 is 0. The predicted octanol–water partition coefficient (Wildman–Crippen LogP) is 3.66. The fraction of sp³-hybridized carbons (Fsp3) is 0.257. The van der Waals surface area contributed by atoms with Gasteiger partial charge in [-0.3, -0.25) is 13.9 Å². The minimum absolute atomic E-state index is 0.0194. The zero-order chi connectivity index (χ0) is 39.3. The van der Waals surface area contributed by atoms with Gasteiger partial charge in [0.15, 0.2) is 6.61 Å². The molecule has 0 aliphatic heterocycles. The number of rotatable bonds is 15. The summed E-state index contributed by atoms with van der Waals surface area (Å²) in [4.78, 5) is 25.9. The molecular weight excluding hydrogens is 747 g/mol. The molecule has 0 aliphatic rings. The first-order valence-corrected chi connectivity index (χ1v) is 20.2. The number of ether oxygens (including phenoxy) is 2. The Labute approximate surface area is 310 Å². The van der Waals surface area contributed by atoms with Crippen LogP contribution in [-0.2, 0) is 39.7 Å². The highest BCUT2D eigenvalue weighted by atomic mass is 32.2. The molecule has 2 amide bonds. The van der Waals surface area contributed by atoms with Gasteiger partial charge in [-0.05, 0) is 85.6 Å². The number of hydrogen-bond donors (Lipinski definition) is 2. The third-order valence-electron chi connectivity index (χ3n) is 7.88. The number of carbonyl (C=O) groups excluding carboxylic acids is 2. The number of anilines is 3. The van der Waals surface area contributed by atoms with Gasteiger partial charge < -0.3 is 20.1 Å². The molecule has 284 valence electrons. The Hall–Kier alpha value is -5.01. The summed E-state index contributed by atoms with van der Waals surface area (Å²) in [6, 6.07) is 20.2. The van der Waals surface area contributed by atoms with Crippen LogP contribution in [0.15, 0.2) is 99.6 Å². The minimum atomic E-state index is -4.44. The molecule has 53 heavy (non-hydrogen) atoms. The van der Waals surface area contributed by atoms with Crippen molar-refractivity contribution in [2.45, 2.75) is 28.5 Å². The zero-order valence-corrected chi connectivity index (χ0v) is 32.6. The molecule has 0 unspecified atom stereocenters.